The van der Waals surface area contributed by atoms with E-state index in [1.54, 1.807) is 25.3 Å². The third-order valence-corrected chi connectivity index (χ3v) is 4.16. The minimum atomic E-state index is -0.752. The molecule has 1 amide bonds. The Morgan fingerprint density at radius 1 is 1.41 bits per heavy atom. The van der Waals surface area contributed by atoms with Crippen molar-refractivity contribution in [1.82, 2.24) is 4.98 Å². The summed E-state index contributed by atoms with van der Waals surface area (Å²) in [6, 6.07) is 5.39. The lowest BCUT2D eigenvalue weighted by molar-refractivity contribution is -0.122. The Kier molecular flexibility index (Phi) is 4.13. The van der Waals surface area contributed by atoms with Crippen molar-refractivity contribution in [2.45, 2.75) is 44.2 Å². The van der Waals surface area contributed by atoms with E-state index in [0.717, 1.165) is 32.1 Å². The van der Waals surface area contributed by atoms with Gasteiger partial charge in [0.1, 0.15) is 12.1 Å². The van der Waals surface area contributed by atoms with Gasteiger partial charge in [0.25, 0.3) is 0 Å². The van der Waals surface area contributed by atoms with Crippen LogP contribution in [0.2, 0.25) is 0 Å². The van der Waals surface area contributed by atoms with Gasteiger partial charge in [0.15, 0.2) is 5.58 Å². The minimum Gasteiger partial charge on any atom is -0.438 e. The van der Waals surface area contributed by atoms with Gasteiger partial charge in [-0.2, -0.15) is 0 Å². The molecule has 6 heteroatoms. The number of oxazole rings is 1. The lowest BCUT2D eigenvalue weighted by Crippen LogP contribution is -2.52. The molecule has 1 heterocycles. The first-order chi connectivity index (χ1) is 10.6. The van der Waals surface area contributed by atoms with Crippen molar-refractivity contribution < 1.29 is 13.9 Å². The number of fused-ring (bicyclic) bond motifs is 1. The third kappa shape index (κ3) is 2.98. The van der Waals surface area contributed by atoms with Gasteiger partial charge in [0, 0.05) is 12.8 Å². The maximum atomic E-state index is 12.4. The predicted octanol–water partition coefficient (Wildman–Crippen LogP) is 2.57. The summed E-state index contributed by atoms with van der Waals surface area (Å²) in [4.78, 5) is 16.8. The molecule has 1 fully saturated rings. The number of ether oxygens (including phenoxy) is 1. The van der Waals surface area contributed by atoms with E-state index >= 15 is 0 Å². The van der Waals surface area contributed by atoms with Crippen LogP contribution < -0.4 is 11.1 Å². The number of nitrogens with zero attached hydrogens (tertiary/aromatic N) is 1. The van der Waals surface area contributed by atoms with E-state index in [1.807, 2.05) is 0 Å². The maximum Gasteiger partial charge on any atom is 0.244 e. The highest BCUT2D eigenvalue weighted by Crippen LogP contribution is 2.28. The Hall–Kier alpha value is -1.92. The molecule has 0 saturated heterocycles. The molecule has 3 N–H and O–H groups in total. The molecule has 0 spiro atoms. The molecule has 118 valence electrons. The summed E-state index contributed by atoms with van der Waals surface area (Å²) < 4.78 is 10.5. The number of nitrogens with one attached hydrogen (secondary N) is 1. The van der Waals surface area contributed by atoms with E-state index < -0.39 is 5.54 Å². The number of hydrogen-bond donors (Lipinski definition) is 2. The van der Waals surface area contributed by atoms with Gasteiger partial charge >= 0.3 is 0 Å². The van der Waals surface area contributed by atoms with E-state index in [9.17, 15) is 4.79 Å². The Labute approximate surface area is 129 Å². The number of aromatic nitrogens is 1. The Morgan fingerprint density at radius 2 is 2.18 bits per heavy atom. The number of rotatable bonds is 4. The second kappa shape index (κ2) is 6.06. The molecular weight excluding hydrogens is 282 g/mol. The second-order valence-corrected chi connectivity index (χ2v) is 5.89. The average molecular weight is 303 g/mol. The molecular formula is C16H21N3O3. The summed E-state index contributed by atoms with van der Waals surface area (Å²) in [7, 11) is 1.59. The molecule has 1 aromatic carbocycles. The van der Waals surface area contributed by atoms with Gasteiger partial charge in [-0.25, -0.2) is 4.98 Å². The Balaban J connectivity index is 1.77. The van der Waals surface area contributed by atoms with Gasteiger partial charge in [-0.1, -0.05) is 19.3 Å². The molecule has 0 aliphatic heterocycles. The van der Waals surface area contributed by atoms with Gasteiger partial charge in [-0.3, -0.25) is 4.79 Å². The number of amides is 1. The fraction of sp³-hybridized carbons (Fsp3) is 0.500. The molecule has 0 radical (unpaired) electrons. The molecule has 0 bridgehead atoms. The van der Waals surface area contributed by atoms with Crippen LogP contribution in [0.3, 0.4) is 0 Å². The highest BCUT2D eigenvalue weighted by molar-refractivity contribution is 5.99. The van der Waals surface area contributed by atoms with Crippen molar-refractivity contribution in [2.24, 2.45) is 5.73 Å². The number of anilines is 1. The standard InChI is InChI=1S/C16H21N3O3/c1-21-10-14-19-12-9-11(5-6-13(12)22-14)18-15(20)16(17)7-3-2-4-8-16/h5-6,9H,2-4,7-8,10,17H2,1H3,(H,18,20). The largest absolute Gasteiger partial charge is 0.438 e. The van der Waals surface area contributed by atoms with E-state index in [0.29, 0.717) is 29.3 Å². The number of hydrogen-bond acceptors (Lipinski definition) is 5. The normalized spacial score (nSPS) is 17.5. The zero-order valence-corrected chi connectivity index (χ0v) is 12.7. The van der Waals surface area contributed by atoms with Crippen molar-refractivity contribution in [3.63, 3.8) is 0 Å². The fourth-order valence-corrected chi connectivity index (χ4v) is 2.90. The second-order valence-electron chi connectivity index (χ2n) is 5.89. The van der Waals surface area contributed by atoms with Crippen LogP contribution in [-0.4, -0.2) is 23.5 Å². The van der Waals surface area contributed by atoms with Crippen LogP contribution in [0.25, 0.3) is 11.1 Å². The van der Waals surface area contributed by atoms with E-state index in [-0.39, 0.29) is 5.91 Å². The highest BCUT2D eigenvalue weighted by atomic mass is 16.5. The minimum absolute atomic E-state index is 0.118. The van der Waals surface area contributed by atoms with Crippen LogP contribution in [0, 0.1) is 0 Å². The summed E-state index contributed by atoms with van der Waals surface area (Å²) in [5.41, 5.74) is 7.54. The van der Waals surface area contributed by atoms with Crippen LogP contribution >= 0.6 is 0 Å². The number of benzene rings is 1. The fourth-order valence-electron chi connectivity index (χ4n) is 2.90. The molecule has 0 unspecified atom stereocenters. The van der Waals surface area contributed by atoms with Gasteiger partial charge in [0.2, 0.25) is 11.8 Å². The number of methoxy groups -OCH3 is 1. The zero-order chi connectivity index (χ0) is 15.6. The number of nitrogens with two attached hydrogens (primary N) is 1. The lowest BCUT2D eigenvalue weighted by atomic mass is 9.82. The highest BCUT2D eigenvalue weighted by Gasteiger charge is 2.35. The van der Waals surface area contributed by atoms with Crippen LogP contribution in [0.5, 0.6) is 0 Å². The Morgan fingerprint density at radius 3 is 2.91 bits per heavy atom. The van der Waals surface area contributed by atoms with Crippen LogP contribution in [-0.2, 0) is 16.1 Å². The molecule has 3 rings (SSSR count). The van der Waals surface area contributed by atoms with Gasteiger partial charge in [0.05, 0.1) is 5.54 Å². The summed E-state index contributed by atoms with van der Waals surface area (Å²) in [6.07, 6.45) is 4.64. The van der Waals surface area contributed by atoms with Crippen molar-refractivity contribution in [3.8, 4) is 0 Å². The van der Waals surface area contributed by atoms with Crippen molar-refractivity contribution in [2.75, 3.05) is 12.4 Å². The first-order valence-electron chi connectivity index (χ1n) is 7.59. The third-order valence-electron chi connectivity index (χ3n) is 4.16. The van der Waals surface area contributed by atoms with Crippen molar-refractivity contribution in [3.05, 3.63) is 24.1 Å². The first-order valence-corrected chi connectivity index (χ1v) is 7.59. The van der Waals surface area contributed by atoms with Crippen LogP contribution in [0.1, 0.15) is 38.0 Å². The topological polar surface area (TPSA) is 90.4 Å². The zero-order valence-electron chi connectivity index (χ0n) is 12.7. The molecule has 2 aromatic rings. The molecule has 6 nitrogen and oxygen atoms in total. The maximum absolute atomic E-state index is 12.4. The molecule has 1 aromatic heterocycles. The van der Waals surface area contributed by atoms with Crippen LogP contribution in [0.4, 0.5) is 5.69 Å². The SMILES string of the molecule is COCc1nc2cc(NC(=O)C3(N)CCCCC3)ccc2o1. The van der Waals surface area contributed by atoms with Crippen LogP contribution in [0.15, 0.2) is 22.6 Å². The van der Waals surface area contributed by atoms with Gasteiger partial charge in [-0.15, -0.1) is 0 Å². The summed E-state index contributed by atoms with van der Waals surface area (Å²) in [5.74, 6) is 0.399. The average Bonchev–Trinajstić information content (AvgIpc) is 2.90. The monoisotopic (exact) mass is 303 g/mol. The summed E-state index contributed by atoms with van der Waals surface area (Å²) in [5, 5.41) is 2.91. The molecule has 1 saturated carbocycles. The van der Waals surface area contributed by atoms with Gasteiger partial charge < -0.3 is 20.2 Å². The van der Waals surface area contributed by atoms with E-state index in [4.69, 9.17) is 14.9 Å². The number of carbonyl (C=O) groups is 1. The molecule has 1 aliphatic carbocycles. The predicted molar refractivity (Wildman–Crippen MR) is 83.4 cm³/mol. The van der Waals surface area contributed by atoms with Crippen molar-refractivity contribution in [1.29, 1.82) is 0 Å². The summed E-state index contributed by atoms with van der Waals surface area (Å²) in [6.45, 7) is 0.322. The smallest absolute Gasteiger partial charge is 0.244 e. The van der Waals surface area contributed by atoms with Crippen molar-refractivity contribution >= 4 is 22.7 Å². The van der Waals surface area contributed by atoms with Gasteiger partial charge in [-0.05, 0) is 31.0 Å². The molecule has 0 atom stereocenters. The first kappa shape index (κ1) is 15.0. The Bertz CT molecular complexity index is 674. The molecule has 22 heavy (non-hydrogen) atoms. The quantitative estimate of drug-likeness (QED) is 0.906. The molecule has 1 aliphatic rings. The van der Waals surface area contributed by atoms with E-state index in [2.05, 4.69) is 10.3 Å². The number of carbonyl (C=O) groups excluding carboxylic acids is 1. The summed E-state index contributed by atoms with van der Waals surface area (Å²) >= 11 is 0. The van der Waals surface area contributed by atoms with E-state index in [1.165, 1.54) is 0 Å². The lowest BCUT2D eigenvalue weighted by Gasteiger charge is -2.31.